The van der Waals surface area contributed by atoms with Gasteiger partial charge in [0.05, 0.1) is 6.21 Å². The van der Waals surface area contributed by atoms with Crippen LogP contribution in [0.1, 0.15) is 37.5 Å². The van der Waals surface area contributed by atoms with Crippen molar-refractivity contribution >= 4 is 23.5 Å². The van der Waals surface area contributed by atoms with Crippen molar-refractivity contribution in [1.29, 1.82) is 0 Å². The van der Waals surface area contributed by atoms with Crippen LogP contribution < -0.4 is 0 Å². The molecule has 0 aliphatic carbocycles. The first kappa shape index (κ1) is 14.1. The van der Waals surface area contributed by atoms with Crippen molar-refractivity contribution in [3.8, 4) is 0 Å². The molecule has 1 atom stereocenters. The molecule has 1 amide bonds. The van der Waals surface area contributed by atoms with E-state index in [0.717, 1.165) is 30.8 Å². The summed E-state index contributed by atoms with van der Waals surface area (Å²) in [6.07, 6.45) is 5.77. The van der Waals surface area contributed by atoms with Crippen LogP contribution in [0.4, 0.5) is 0 Å². The second kappa shape index (κ2) is 7.28. The lowest BCUT2D eigenvalue weighted by molar-refractivity contribution is -0.142. The number of carbonyl (C=O) groups is 1. The fourth-order valence-corrected chi connectivity index (χ4v) is 2.71. The lowest BCUT2D eigenvalue weighted by Gasteiger charge is -2.22. The molecule has 2 rings (SSSR count). The van der Waals surface area contributed by atoms with Crippen molar-refractivity contribution < 1.29 is 9.63 Å². The molecule has 1 aromatic heterocycles. The lowest BCUT2D eigenvalue weighted by Crippen LogP contribution is -2.39. The van der Waals surface area contributed by atoms with Crippen LogP contribution in [0.3, 0.4) is 0 Å². The molecule has 1 saturated heterocycles. The number of thiophene rings is 1. The quantitative estimate of drug-likeness (QED) is 0.628. The van der Waals surface area contributed by atoms with E-state index in [1.165, 1.54) is 12.8 Å². The molecule has 19 heavy (non-hydrogen) atoms. The van der Waals surface area contributed by atoms with Crippen molar-refractivity contribution in [2.24, 2.45) is 5.16 Å². The van der Waals surface area contributed by atoms with E-state index in [0.29, 0.717) is 0 Å². The maximum Gasteiger partial charge on any atom is 0.266 e. The molecule has 4 nitrogen and oxygen atoms in total. The zero-order chi connectivity index (χ0) is 13.5. The van der Waals surface area contributed by atoms with Gasteiger partial charge in [0.25, 0.3) is 5.91 Å². The Morgan fingerprint density at radius 3 is 2.79 bits per heavy atom. The molecule has 0 spiro atoms. The second-order valence-corrected chi connectivity index (χ2v) is 5.72. The first-order valence-corrected chi connectivity index (χ1v) is 7.67. The Kier molecular flexibility index (Phi) is 5.39. The van der Waals surface area contributed by atoms with Crippen LogP contribution in [0.25, 0.3) is 0 Å². The normalized spacial score (nSPS) is 18.3. The van der Waals surface area contributed by atoms with Gasteiger partial charge in [0.2, 0.25) is 6.10 Å². The molecule has 0 bridgehead atoms. The Balaban J connectivity index is 1.81. The first-order valence-electron chi connectivity index (χ1n) is 6.79. The summed E-state index contributed by atoms with van der Waals surface area (Å²) in [5, 5.41) is 5.87. The van der Waals surface area contributed by atoms with Crippen LogP contribution in [-0.2, 0) is 9.63 Å². The molecule has 0 radical (unpaired) electrons. The number of carbonyl (C=O) groups excluding carboxylic acids is 1. The number of likely N-dealkylation sites (tertiary alicyclic amines) is 1. The van der Waals surface area contributed by atoms with Crippen LogP contribution in [0.2, 0.25) is 0 Å². The van der Waals surface area contributed by atoms with Crippen LogP contribution in [-0.4, -0.2) is 36.2 Å². The van der Waals surface area contributed by atoms with Gasteiger partial charge >= 0.3 is 0 Å². The number of rotatable bonds is 4. The highest BCUT2D eigenvalue weighted by molar-refractivity contribution is 7.11. The Hall–Kier alpha value is -1.36. The highest BCUT2D eigenvalue weighted by Crippen LogP contribution is 2.12. The van der Waals surface area contributed by atoms with E-state index in [4.69, 9.17) is 4.84 Å². The van der Waals surface area contributed by atoms with Crippen molar-refractivity contribution in [2.45, 2.75) is 38.7 Å². The van der Waals surface area contributed by atoms with Crippen LogP contribution >= 0.6 is 11.3 Å². The van der Waals surface area contributed by atoms with Crippen molar-refractivity contribution in [3.05, 3.63) is 22.4 Å². The molecule has 104 valence electrons. The molecule has 0 aromatic carbocycles. The van der Waals surface area contributed by atoms with Gasteiger partial charge in [-0.2, -0.15) is 0 Å². The van der Waals surface area contributed by atoms with Gasteiger partial charge < -0.3 is 9.74 Å². The fourth-order valence-electron chi connectivity index (χ4n) is 2.13. The maximum absolute atomic E-state index is 12.2. The molecule has 0 saturated carbocycles. The average molecular weight is 280 g/mol. The number of nitrogens with zero attached hydrogens (tertiary/aromatic N) is 2. The number of hydrogen-bond acceptors (Lipinski definition) is 4. The Morgan fingerprint density at radius 1 is 1.42 bits per heavy atom. The van der Waals surface area contributed by atoms with Gasteiger partial charge in [-0.3, -0.25) is 4.79 Å². The van der Waals surface area contributed by atoms with Crippen LogP contribution in [0.15, 0.2) is 22.7 Å². The summed E-state index contributed by atoms with van der Waals surface area (Å²) in [5.74, 6) is 0.0465. The van der Waals surface area contributed by atoms with Gasteiger partial charge in [-0.15, -0.1) is 11.3 Å². The van der Waals surface area contributed by atoms with E-state index in [-0.39, 0.29) is 5.91 Å². The molecular weight excluding hydrogens is 260 g/mol. The number of amides is 1. The highest BCUT2D eigenvalue weighted by Gasteiger charge is 2.22. The summed E-state index contributed by atoms with van der Waals surface area (Å²) in [4.78, 5) is 20.4. The van der Waals surface area contributed by atoms with Crippen LogP contribution in [0.5, 0.6) is 0 Å². The smallest absolute Gasteiger partial charge is 0.266 e. The maximum atomic E-state index is 12.2. The van der Waals surface area contributed by atoms with Gasteiger partial charge in [0.1, 0.15) is 0 Å². The number of hydrogen-bond donors (Lipinski definition) is 0. The molecule has 1 fully saturated rings. The highest BCUT2D eigenvalue weighted by atomic mass is 32.1. The Labute approximate surface area is 118 Å². The zero-order valence-corrected chi connectivity index (χ0v) is 12.1. The van der Waals surface area contributed by atoms with E-state index in [9.17, 15) is 4.79 Å². The zero-order valence-electron chi connectivity index (χ0n) is 11.2. The predicted octanol–water partition coefficient (Wildman–Crippen LogP) is 2.89. The summed E-state index contributed by atoms with van der Waals surface area (Å²) in [7, 11) is 0. The molecule has 2 heterocycles. The first-order chi connectivity index (χ1) is 9.27. The standard InChI is InChI=1S/C14H20N2O2S/c1-12(18-15-11-13-7-6-10-19-13)14(17)16-8-4-2-3-5-9-16/h6-7,10-12H,2-5,8-9H2,1H3. The monoisotopic (exact) mass is 280 g/mol. The van der Waals surface area contributed by atoms with E-state index in [1.54, 1.807) is 24.5 Å². The summed E-state index contributed by atoms with van der Waals surface area (Å²) in [6, 6.07) is 3.91. The molecular formula is C14H20N2O2S. The van der Waals surface area contributed by atoms with E-state index < -0.39 is 6.10 Å². The van der Waals surface area contributed by atoms with Gasteiger partial charge in [0.15, 0.2) is 0 Å². The van der Waals surface area contributed by atoms with Gasteiger partial charge in [-0.1, -0.05) is 24.1 Å². The van der Waals surface area contributed by atoms with E-state index in [1.807, 2.05) is 22.4 Å². The molecule has 1 aliphatic heterocycles. The van der Waals surface area contributed by atoms with Crippen molar-refractivity contribution in [2.75, 3.05) is 13.1 Å². The summed E-state index contributed by atoms with van der Waals surface area (Å²) in [5.41, 5.74) is 0. The number of oxime groups is 1. The van der Waals surface area contributed by atoms with Crippen LogP contribution in [0, 0.1) is 0 Å². The minimum absolute atomic E-state index is 0.0465. The summed E-state index contributed by atoms with van der Waals surface area (Å²) < 4.78 is 0. The topological polar surface area (TPSA) is 41.9 Å². The third-order valence-corrected chi connectivity index (χ3v) is 4.01. The molecule has 0 N–H and O–H groups in total. The largest absolute Gasteiger partial charge is 0.383 e. The SMILES string of the molecule is CC(ON=Cc1cccs1)C(=O)N1CCCCCC1. The van der Waals surface area contributed by atoms with Gasteiger partial charge in [-0.05, 0) is 31.2 Å². The van der Waals surface area contributed by atoms with E-state index >= 15 is 0 Å². The van der Waals surface area contributed by atoms with Gasteiger partial charge in [-0.25, -0.2) is 0 Å². The Bertz CT molecular complexity index is 409. The van der Waals surface area contributed by atoms with Gasteiger partial charge in [0, 0.05) is 18.0 Å². The third kappa shape index (κ3) is 4.35. The van der Waals surface area contributed by atoms with Crippen molar-refractivity contribution in [1.82, 2.24) is 4.90 Å². The second-order valence-electron chi connectivity index (χ2n) is 4.74. The average Bonchev–Trinajstić information content (AvgIpc) is 2.78. The summed E-state index contributed by atoms with van der Waals surface area (Å²) in [6.45, 7) is 3.46. The molecule has 1 aliphatic rings. The van der Waals surface area contributed by atoms with E-state index in [2.05, 4.69) is 5.16 Å². The molecule has 1 aromatic rings. The fraction of sp³-hybridized carbons (Fsp3) is 0.571. The lowest BCUT2D eigenvalue weighted by atomic mass is 10.2. The minimum Gasteiger partial charge on any atom is -0.383 e. The summed E-state index contributed by atoms with van der Waals surface area (Å²) >= 11 is 1.59. The van der Waals surface area contributed by atoms with Crippen molar-refractivity contribution in [3.63, 3.8) is 0 Å². The predicted molar refractivity (Wildman–Crippen MR) is 77.5 cm³/mol. The molecule has 5 heteroatoms. The Morgan fingerprint density at radius 2 is 2.16 bits per heavy atom. The minimum atomic E-state index is -0.505. The molecule has 1 unspecified atom stereocenters. The third-order valence-electron chi connectivity index (χ3n) is 3.21.